The van der Waals surface area contributed by atoms with Crippen LogP contribution in [0, 0.1) is 0 Å². The van der Waals surface area contributed by atoms with Crippen molar-refractivity contribution in [2.24, 2.45) is 0 Å². The fourth-order valence-electron chi connectivity index (χ4n) is 2.22. The SMILES string of the molecule is CCOC(=O)C(C)N(C)C1CCCN(C)C1. The number of piperidine rings is 1. The number of hydrogen-bond donors (Lipinski definition) is 0. The Bertz CT molecular complexity index is 233. The zero-order valence-corrected chi connectivity index (χ0v) is 10.9. The first-order valence-electron chi connectivity index (χ1n) is 6.13. The summed E-state index contributed by atoms with van der Waals surface area (Å²) >= 11 is 0. The second kappa shape index (κ2) is 6.21. The van der Waals surface area contributed by atoms with E-state index in [0.29, 0.717) is 12.6 Å². The Morgan fingerprint density at radius 1 is 1.62 bits per heavy atom. The summed E-state index contributed by atoms with van der Waals surface area (Å²) in [6.45, 7) is 6.44. The average molecular weight is 228 g/mol. The van der Waals surface area contributed by atoms with E-state index in [1.807, 2.05) is 20.9 Å². The van der Waals surface area contributed by atoms with Gasteiger partial charge >= 0.3 is 5.97 Å². The summed E-state index contributed by atoms with van der Waals surface area (Å²) in [7, 11) is 4.15. The first-order chi connectivity index (χ1) is 7.56. The lowest BCUT2D eigenvalue weighted by atomic mass is 10.0. The summed E-state index contributed by atoms with van der Waals surface area (Å²) in [4.78, 5) is 16.1. The van der Waals surface area contributed by atoms with Crippen molar-refractivity contribution < 1.29 is 9.53 Å². The summed E-state index contributed by atoms with van der Waals surface area (Å²) in [5, 5.41) is 0. The van der Waals surface area contributed by atoms with Crippen LogP contribution in [0.1, 0.15) is 26.7 Å². The van der Waals surface area contributed by atoms with Crippen molar-refractivity contribution in [3.63, 3.8) is 0 Å². The molecule has 4 heteroatoms. The Kier molecular flexibility index (Phi) is 5.22. The average Bonchev–Trinajstić information content (AvgIpc) is 2.27. The third-order valence-electron chi connectivity index (χ3n) is 3.41. The van der Waals surface area contributed by atoms with Crippen LogP contribution in [0.15, 0.2) is 0 Å². The van der Waals surface area contributed by atoms with Crippen LogP contribution in [0.2, 0.25) is 0 Å². The van der Waals surface area contributed by atoms with Crippen molar-refractivity contribution in [3.05, 3.63) is 0 Å². The quantitative estimate of drug-likeness (QED) is 0.671. The van der Waals surface area contributed by atoms with Crippen molar-refractivity contribution >= 4 is 5.97 Å². The Balaban J connectivity index is 2.48. The summed E-state index contributed by atoms with van der Waals surface area (Å²) < 4.78 is 5.05. The van der Waals surface area contributed by atoms with Gasteiger partial charge < -0.3 is 9.64 Å². The lowest BCUT2D eigenvalue weighted by Crippen LogP contribution is -2.50. The monoisotopic (exact) mass is 228 g/mol. The topological polar surface area (TPSA) is 32.8 Å². The van der Waals surface area contributed by atoms with E-state index in [-0.39, 0.29) is 12.0 Å². The van der Waals surface area contributed by atoms with Gasteiger partial charge in [0.25, 0.3) is 0 Å². The van der Waals surface area contributed by atoms with Crippen LogP contribution in [-0.2, 0) is 9.53 Å². The van der Waals surface area contributed by atoms with Gasteiger partial charge in [0.1, 0.15) is 6.04 Å². The van der Waals surface area contributed by atoms with Gasteiger partial charge in [-0.25, -0.2) is 0 Å². The molecule has 16 heavy (non-hydrogen) atoms. The number of hydrogen-bond acceptors (Lipinski definition) is 4. The van der Waals surface area contributed by atoms with Crippen molar-refractivity contribution in [1.82, 2.24) is 9.80 Å². The molecule has 4 nitrogen and oxygen atoms in total. The summed E-state index contributed by atoms with van der Waals surface area (Å²) in [6.07, 6.45) is 2.38. The fraction of sp³-hybridized carbons (Fsp3) is 0.917. The highest BCUT2D eigenvalue weighted by atomic mass is 16.5. The molecule has 1 heterocycles. The van der Waals surface area contributed by atoms with E-state index in [1.165, 1.54) is 12.8 Å². The number of nitrogens with zero attached hydrogens (tertiary/aromatic N) is 2. The van der Waals surface area contributed by atoms with Gasteiger partial charge in [-0.3, -0.25) is 9.69 Å². The number of rotatable bonds is 4. The van der Waals surface area contributed by atoms with E-state index in [0.717, 1.165) is 13.1 Å². The Labute approximate surface area is 98.5 Å². The molecular weight excluding hydrogens is 204 g/mol. The van der Waals surface area contributed by atoms with E-state index < -0.39 is 0 Å². The third-order valence-corrected chi connectivity index (χ3v) is 3.41. The highest BCUT2D eigenvalue weighted by Gasteiger charge is 2.28. The molecule has 1 rings (SSSR count). The lowest BCUT2D eigenvalue weighted by molar-refractivity contribution is -0.149. The van der Waals surface area contributed by atoms with Gasteiger partial charge in [-0.1, -0.05) is 0 Å². The molecular formula is C12H24N2O2. The Hall–Kier alpha value is -0.610. The van der Waals surface area contributed by atoms with Crippen molar-refractivity contribution in [2.45, 2.75) is 38.8 Å². The molecule has 0 amide bonds. The van der Waals surface area contributed by atoms with Gasteiger partial charge in [-0.05, 0) is 47.3 Å². The minimum absolute atomic E-state index is 0.113. The predicted molar refractivity (Wildman–Crippen MR) is 64.4 cm³/mol. The molecule has 0 N–H and O–H groups in total. The number of ether oxygens (including phenoxy) is 1. The van der Waals surface area contributed by atoms with E-state index in [1.54, 1.807) is 0 Å². The maximum atomic E-state index is 11.6. The van der Waals surface area contributed by atoms with E-state index in [4.69, 9.17) is 4.74 Å². The summed E-state index contributed by atoms with van der Waals surface area (Å²) in [5.41, 5.74) is 0. The Morgan fingerprint density at radius 3 is 2.88 bits per heavy atom. The van der Waals surface area contributed by atoms with E-state index in [2.05, 4.69) is 16.8 Å². The van der Waals surface area contributed by atoms with Crippen LogP contribution in [0.5, 0.6) is 0 Å². The molecule has 0 saturated carbocycles. The third kappa shape index (κ3) is 3.46. The maximum absolute atomic E-state index is 11.6. The zero-order chi connectivity index (χ0) is 12.1. The van der Waals surface area contributed by atoms with Crippen molar-refractivity contribution in [1.29, 1.82) is 0 Å². The molecule has 0 aliphatic carbocycles. The van der Waals surface area contributed by atoms with Gasteiger partial charge in [0, 0.05) is 12.6 Å². The summed E-state index contributed by atoms with van der Waals surface area (Å²) in [6, 6.07) is 0.328. The normalized spacial score (nSPS) is 24.4. The van der Waals surface area contributed by atoms with E-state index >= 15 is 0 Å². The molecule has 1 saturated heterocycles. The van der Waals surface area contributed by atoms with Crippen LogP contribution in [0.25, 0.3) is 0 Å². The largest absolute Gasteiger partial charge is 0.465 e. The van der Waals surface area contributed by atoms with Crippen molar-refractivity contribution in [3.8, 4) is 0 Å². The molecule has 0 aromatic carbocycles. The van der Waals surface area contributed by atoms with Crippen LogP contribution < -0.4 is 0 Å². The predicted octanol–water partition coefficient (Wildman–Crippen LogP) is 0.964. The molecule has 1 aliphatic rings. The molecule has 0 spiro atoms. The molecule has 94 valence electrons. The van der Waals surface area contributed by atoms with Gasteiger partial charge in [0.15, 0.2) is 0 Å². The van der Waals surface area contributed by atoms with Crippen molar-refractivity contribution in [2.75, 3.05) is 33.8 Å². The fourth-order valence-corrected chi connectivity index (χ4v) is 2.22. The zero-order valence-electron chi connectivity index (χ0n) is 10.9. The van der Waals surface area contributed by atoms with Crippen LogP contribution in [0.4, 0.5) is 0 Å². The van der Waals surface area contributed by atoms with Crippen LogP contribution in [-0.4, -0.2) is 61.6 Å². The molecule has 0 radical (unpaired) electrons. The van der Waals surface area contributed by atoms with Gasteiger partial charge in [0.05, 0.1) is 6.61 Å². The second-order valence-corrected chi connectivity index (χ2v) is 4.65. The standard InChI is InChI=1S/C12H24N2O2/c1-5-16-12(15)10(2)14(4)11-7-6-8-13(3)9-11/h10-11H,5-9H2,1-4H3. The lowest BCUT2D eigenvalue weighted by Gasteiger charge is -2.38. The number of likely N-dealkylation sites (N-methyl/N-ethyl adjacent to an activating group) is 2. The van der Waals surface area contributed by atoms with Gasteiger partial charge in [-0.15, -0.1) is 0 Å². The number of likely N-dealkylation sites (tertiary alicyclic amines) is 1. The highest BCUT2D eigenvalue weighted by molar-refractivity contribution is 5.75. The van der Waals surface area contributed by atoms with E-state index in [9.17, 15) is 4.79 Å². The summed E-state index contributed by atoms with van der Waals surface area (Å²) in [5.74, 6) is -0.113. The number of carbonyl (C=O) groups is 1. The molecule has 0 bridgehead atoms. The smallest absolute Gasteiger partial charge is 0.323 e. The number of carbonyl (C=O) groups excluding carboxylic acids is 1. The maximum Gasteiger partial charge on any atom is 0.323 e. The molecule has 0 aromatic rings. The number of esters is 1. The minimum atomic E-state index is -0.142. The van der Waals surface area contributed by atoms with Gasteiger partial charge in [-0.2, -0.15) is 0 Å². The highest BCUT2D eigenvalue weighted by Crippen LogP contribution is 2.16. The molecule has 2 unspecified atom stereocenters. The Morgan fingerprint density at radius 2 is 2.31 bits per heavy atom. The molecule has 0 aromatic heterocycles. The second-order valence-electron chi connectivity index (χ2n) is 4.65. The molecule has 1 aliphatic heterocycles. The first-order valence-corrected chi connectivity index (χ1v) is 6.13. The minimum Gasteiger partial charge on any atom is -0.465 e. The van der Waals surface area contributed by atoms with Gasteiger partial charge in [0.2, 0.25) is 0 Å². The van der Waals surface area contributed by atoms with Crippen LogP contribution >= 0.6 is 0 Å². The molecule has 1 fully saturated rings. The first kappa shape index (κ1) is 13.5. The van der Waals surface area contributed by atoms with Crippen LogP contribution in [0.3, 0.4) is 0 Å². The molecule has 2 atom stereocenters.